The lowest BCUT2D eigenvalue weighted by molar-refractivity contribution is 0.321. The Morgan fingerprint density at radius 3 is 2.88 bits per heavy atom. The third-order valence-electron chi connectivity index (χ3n) is 3.03. The molecule has 2 rings (SSSR count). The molecule has 1 aromatic heterocycles. The lowest BCUT2D eigenvalue weighted by Gasteiger charge is -2.31. The number of anilines is 2. The van der Waals surface area contributed by atoms with Crippen molar-refractivity contribution in [3.05, 3.63) is 10.8 Å². The highest BCUT2D eigenvalue weighted by molar-refractivity contribution is 9.10. The van der Waals surface area contributed by atoms with Gasteiger partial charge in [-0.3, -0.25) is 0 Å². The third-order valence-corrected chi connectivity index (χ3v) is 3.76. The molecule has 0 bridgehead atoms. The Balaban J connectivity index is 2.11. The van der Waals surface area contributed by atoms with E-state index < -0.39 is 0 Å². The number of nitrogens with two attached hydrogens (primary N) is 1. The Kier molecular flexibility index (Phi) is 3.60. The van der Waals surface area contributed by atoms with E-state index in [-0.39, 0.29) is 0 Å². The van der Waals surface area contributed by atoms with E-state index in [0.29, 0.717) is 5.82 Å². The van der Waals surface area contributed by atoms with Crippen LogP contribution in [0.2, 0.25) is 0 Å². The molecule has 5 nitrogen and oxygen atoms in total. The number of nitrogen functional groups attached to an aromatic ring is 1. The van der Waals surface area contributed by atoms with E-state index in [9.17, 15) is 0 Å². The number of nitrogens with zero attached hydrogens (tertiary/aromatic N) is 3. The SMILES string of the molecule is CN(CC1CCC1)c1ncnc(NN)c1Br. The van der Waals surface area contributed by atoms with Crippen LogP contribution in [-0.2, 0) is 0 Å². The molecule has 3 N–H and O–H groups in total. The monoisotopic (exact) mass is 285 g/mol. The van der Waals surface area contributed by atoms with Crippen LogP contribution in [0.4, 0.5) is 11.6 Å². The second-order valence-corrected chi connectivity index (χ2v) is 4.97. The molecule has 1 saturated carbocycles. The zero-order valence-electron chi connectivity index (χ0n) is 9.28. The lowest BCUT2D eigenvalue weighted by atomic mass is 9.85. The van der Waals surface area contributed by atoms with Gasteiger partial charge in [0, 0.05) is 13.6 Å². The van der Waals surface area contributed by atoms with Gasteiger partial charge in [0.2, 0.25) is 0 Å². The summed E-state index contributed by atoms with van der Waals surface area (Å²) < 4.78 is 0.819. The molecule has 0 spiro atoms. The van der Waals surface area contributed by atoms with Crippen LogP contribution >= 0.6 is 15.9 Å². The molecule has 16 heavy (non-hydrogen) atoms. The van der Waals surface area contributed by atoms with Crippen LogP contribution < -0.4 is 16.2 Å². The molecule has 0 radical (unpaired) electrons. The van der Waals surface area contributed by atoms with Gasteiger partial charge in [-0.25, -0.2) is 15.8 Å². The molecule has 1 fully saturated rings. The highest BCUT2D eigenvalue weighted by Crippen LogP contribution is 2.32. The van der Waals surface area contributed by atoms with Gasteiger partial charge in [0.05, 0.1) is 0 Å². The maximum atomic E-state index is 5.37. The molecule has 0 aliphatic heterocycles. The van der Waals surface area contributed by atoms with E-state index in [1.807, 2.05) is 7.05 Å². The average molecular weight is 286 g/mol. The predicted molar refractivity (Wildman–Crippen MR) is 68.2 cm³/mol. The molecule has 88 valence electrons. The molecule has 6 heteroatoms. The predicted octanol–water partition coefficient (Wildman–Crippen LogP) is 1.76. The van der Waals surface area contributed by atoms with E-state index >= 15 is 0 Å². The molecular formula is C10H16BrN5. The Morgan fingerprint density at radius 1 is 1.56 bits per heavy atom. The maximum absolute atomic E-state index is 5.37. The molecule has 0 aromatic carbocycles. The van der Waals surface area contributed by atoms with Gasteiger partial charge in [-0.15, -0.1) is 0 Å². The van der Waals surface area contributed by atoms with Crippen molar-refractivity contribution < 1.29 is 0 Å². The molecule has 0 saturated heterocycles. The van der Waals surface area contributed by atoms with E-state index in [1.165, 1.54) is 25.6 Å². The Hall–Kier alpha value is -0.880. The minimum absolute atomic E-state index is 0.616. The van der Waals surface area contributed by atoms with Crippen molar-refractivity contribution in [1.29, 1.82) is 0 Å². The number of aromatic nitrogens is 2. The number of rotatable bonds is 4. The molecule has 0 amide bonds. The summed E-state index contributed by atoms with van der Waals surface area (Å²) in [4.78, 5) is 10.5. The van der Waals surface area contributed by atoms with E-state index in [0.717, 1.165) is 22.8 Å². The van der Waals surface area contributed by atoms with Crippen molar-refractivity contribution in [1.82, 2.24) is 9.97 Å². The van der Waals surface area contributed by atoms with Crippen LogP contribution in [0.25, 0.3) is 0 Å². The minimum atomic E-state index is 0.616. The van der Waals surface area contributed by atoms with Crippen LogP contribution in [0.5, 0.6) is 0 Å². The average Bonchev–Trinajstić information content (AvgIpc) is 2.23. The normalized spacial score (nSPS) is 15.7. The molecule has 1 aromatic rings. The second-order valence-electron chi connectivity index (χ2n) is 4.18. The van der Waals surface area contributed by atoms with Crippen LogP contribution in [0.15, 0.2) is 10.8 Å². The summed E-state index contributed by atoms with van der Waals surface area (Å²) in [5, 5.41) is 0. The standard InChI is InChI=1S/C10H16BrN5/c1-16(5-7-3-2-4-7)10-8(11)9(15-12)13-6-14-10/h6-7H,2-5,12H2,1H3,(H,13,14,15). The Labute approximate surface area is 104 Å². The quantitative estimate of drug-likeness (QED) is 0.652. The fourth-order valence-electron chi connectivity index (χ4n) is 1.88. The van der Waals surface area contributed by atoms with Gasteiger partial charge in [-0.2, -0.15) is 0 Å². The summed E-state index contributed by atoms with van der Waals surface area (Å²) in [6.07, 6.45) is 5.54. The van der Waals surface area contributed by atoms with Gasteiger partial charge in [0.25, 0.3) is 0 Å². The highest BCUT2D eigenvalue weighted by atomic mass is 79.9. The van der Waals surface area contributed by atoms with E-state index in [1.54, 1.807) is 0 Å². The van der Waals surface area contributed by atoms with Gasteiger partial charge < -0.3 is 10.3 Å². The summed E-state index contributed by atoms with van der Waals surface area (Å²) >= 11 is 3.46. The minimum Gasteiger partial charge on any atom is -0.358 e. The number of hydrogen-bond acceptors (Lipinski definition) is 5. The number of nitrogens with one attached hydrogen (secondary N) is 1. The van der Waals surface area contributed by atoms with Gasteiger partial charge in [0.15, 0.2) is 5.82 Å². The first-order chi connectivity index (χ1) is 7.72. The van der Waals surface area contributed by atoms with Crippen molar-refractivity contribution in [2.45, 2.75) is 19.3 Å². The van der Waals surface area contributed by atoms with Crippen LogP contribution in [-0.4, -0.2) is 23.6 Å². The molecule has 0 atom stereocenters. The zero-order chi connectivity index (χ0) is 11.5. The van der Waals surface area contributed by atoms with Crippen LogP contribution in [0.1, 0.15) is 19.3 Å². The van der Waals surface area contributed by atoms with Crippen LogP contribution in [0, 0.1) is 5.92 Å². The molecule has 1 aliphatic rings. The Morgan fingerprint density at radius 2 is 2.31 bits per heavy atom. The van der Waals surface area contributed by atoms with E-state index in [4.69, 9.17) is 5.84 Å². The zero-order valence-corrected chi connectivity index (χ0v) is 10.9. The summed E-state index contributed by atoms with van der Waals surface area (Å²) in [5.74, 6) is 7.68. The fraction of sp³-hybridized carbons (Fsp3) is 0.600. The van der Waals surface area contributed by atoms with Gasteiger partial charge >= 0.3 is 0 Å². The van der Waals surface area contributed by atoms with Crippen molar-refractivity contribution >= 4 is 27.6 Å². The first-order valence-electron chi connectivity index (χ1n) is 5.40. The summed E-state index contributed by atoms with van der Waals surface area (Å²) in [7, 11) is 2.05. The summed E-state index contributed by atoms with van der Waals surface area (Å²) in [5.41, 5.74) is 2.55. The van der Waals surface area contributed by atoms with Crippen molar-refractivity contribution in [2.75, 3.05) is 23.9 Å². The topological polar surface area (TPSA) is 67.1 Å². The van der Waals surface area contributed by atoms with Crippen LogP contribution in [0.3, 0.4) is 0 Å². The van der Waals surface area contributed by atoms with Crippen molar-refractivity contribution in [3.63, 3.8) is 0 Å². The molecular weight excluding hydrogens is 270 g/mol. The number of hydrogen-bond donors (Lipinski definition) is 2. The molecule has 1 heterocycles. The van der Waals surface area contributed by atoms with Gasteiger partial charge in [0.1, 0.15) is 16.6 Å². The first-order valence-corrected chi connectivity index (χ1v) is 6.20. The maximum Gasteiger partial charge on any atom is 0.159 e. The smallest absolute Gasteiger partial charge is 0.159 e. The van der Waals surface area contributed by atoms with Gasteiger partial charge in [-0.1, -0.05) is 6.42 Å². The fourth-order valence-corrected chi connectivity index (χ4v) is 2.50. The number of halogens is 1. The Bertz CT molecular complexity index is 366. The molecule has 1 aliphatic carbocycles. The number of hydrazine groups is 1. The molecule has 0 unspecified atom stereocenters. The first kappa shape index (κ1) is 11.6. The van der Waals surface area contributed by atoms with Crippen molar-refractivity contribution in [3.8, 4) is 0 Å². The third kappa shape index (κ3) is 2.27. The van der Waals surface area contributed by atoms with Gasteiger partial charge in [-0.05, 0) is 34.7 Å². The van der Waals surface area contributed by atoms with Crippen molar-refractivity contribution in [2.24, 2.45) is 11.8 Å². The van der Waals surface area contributed by atoms with E-state index in [2.05, 4.69) is 36.2 Å². The summed E-state index contributed by atoms with van der Waals surface area (Å²) in [6.45, 7) is 1.04. The second kappa shape index (κ2) is 4.97. The summed E-state index contributed by atoms with van der Waals surface area (Å²) in [6, 6.07) is 0. The highest BCUT2D eigenvalue weighted by Gasteiger charge is 2.21. The lowest BCUT2D eigenvalue weighted by Crippen LogP contribution is -2.30. The largest absolute Gasteiger partial charge is 0.358 e.